The summed E-state index contributed by atoms with van der Waals surface area (Å²) in [5, 5.41) is 10.4. The van der Waals surface area contributed by atoms with Crippen LogP contribution in [0.15, 0.2) is 60.7 Å². The Bertz CT molecular complexity index is 644. The van der Waals surface area contributed by atoms with Crippen LogP contribution in [0.3, 0.4) is 0 Å². The quantitative estimate of drug-likeness (QED) is 0.820. The van der Waals surface area contributed by atoms with Gasteiger partial charge in [-0.15, -0.1) is 0 Å². The SMILES string of the molecule is C[C@@H]1C(COCc2ccccc2)OC(O)C(OCc2ccccc2)[C@H]1C. The molecular weight excluding hydrogens is 328 g/mol. The van der Waals surface area contributed by atoms with E-state index in [2.05, 4.69) is 13.8 Å². The van der Waals surface area contributed by atoms with Gasteiger partial charge in [-0.05, 0) is 23.0 Å². The maximum Gasteiger partial charge on any atom is 0.181 e. The van der Waals surface area contributed by atoms with Crippen molar-refractivity contribution in [3.63, 3.8) is 0 Å². The van der Waals surface area contributed by atoms with Gasteiger partial charge in [-0.3, -0.25) is 0 Å². The fourth-order valence-electron chi connectivity index (χ4n) is 3.34. The predicted molar refractivity (Wildman–Crippen MR) is 100 cm³/mol. The summed E-state index contributed by atoms with van der Waals surface area (Å²) in [5.41, 5.74) is 2.22. The summed E-state index contributed by atoms with van der Waals surface area (Å²) in [6, 6.07) is 20.0. The smallest absolute Gasteiger partial charge is 0.181 e. The van der Waals surface area contributed by atoms with Gasteiger partial charge in [0, 0.05) is 0 Å². The Kier molecular flexibility index (Phi) is 6.80. The highest BCUT2D eigenvalue weighted by Gasteiger charge is 2.41. The lowest BCUT2D eigenvalue weighted by molar-refractivity contribution is -0.272. The fourth-order valence-corrected chi connectivity index (χ4v) is 3.34. The minimum Gasteiger partial charge on any atom is -0.374 e. The summed E-state index contributed by atoms with van der Waals surface area (Å²) in [5.74, 6) is 0.405. The molecule has 2 aromatic rings. The molecule has 4 nitrogen and oxygen atoms in total. The second-order valence-electron chi connectivity index (χ2n) is 7.05. The Hall–Kier alpha value is -1.72. The first kappa shape index (κ1) is 19.1. The highest BCUT2D eigenvalue weighted by atomic mass is 16.6. The first-order chi connectivity index (χ1) is 12.6. The van der Waals surface area contributed by atoms with Gasteiger partial charge in [0.25, 0.3) is 0 Å². The fraction of sp³-hybridized carbons (Fsp3) is 0.455. The molecule has 0 saturated carbocycles. The molecule has 4 heteroatoms. The van der Waals surface area contributed by atoms with Crippen molar-refractivity contribution in [1.29, 1.82) is 0 Å². The van der Waals surface area contributed by atoms with E-state index in [-0.39, 0.29) is 24.0 Å². The summed E-state index contributed by atoms with van der Waals surface area (Å²) >= 11 is 0. The van der Waals surface area contributed by atoms with Gasteiger partial charge < -0.3 is 19.3 Å². The molecule has 0 aromatic heterocycles. The summed E-state index contributed by atoms with van der Waals surface area (Å²) in [6.45, 7) is 5.72. The van der Waals surface area contributed by atoms with Crippen LogP contribution < -0.4 is 0 Å². The second kappa shape index (κ2) is 9.28. The van der Waals surface area contributed by atoms with Gasteiger partial charge >= 0.3 is 0 Å². The van der Waals surface area contributed by atoms with E-state index in [1.807, 2.05) is 60.7 Å². The van der Waals surface area contributed by atoms with Gasteiger partial charge in [-0.1, -0.05) is 74.5 Å². The van der Waals surface area contributed by atoms with Crippen molar-refractivity contribution in [1.82, 2.24) is 0 Å². The van der Waals surface area contributed by atoms with E-state index in [1.165, 1.54) is 0 Å². The zero-order chi connectivity index (χ0) is 18.4. The summed E-state index contributed by atoms with van der Waals surface area (Å²) in [4.78, 5) is 0. The van der Waals surface area contributed by atoms with Gasteiger partial charge in [-0.25, -0.2) is 0 Å². The third-order valence-corrected chi connectivity index (χ3v) is 5.21. The zero-order valence-corrected chi connectivity index (χ0v) is 15.5. The van der Waals surface area contributed by atoms with Crippen LogP contribution >= 0.6 is 0 Å². The highest BCUT2D eigenvalue weighted by molar-refractivity contribution is 5.14. The number of hydrogen-bond acceptors (Lipinski definition) is 4. The zero-order valence-electron chi connectivity index (χ0n) is 15.5. The maximum atomic E-state index is 10.4. The molecular formula is C22H28O4. The van der Waals surface area contributed by atoms with E-state index in [1.54, 1.807) is 0 Å². The van der Waals surface area contributed by atoms with Gasteiger partial charge in [-0.2, -0.15) is 0 Å². The molecule has 0 bridgehead atoms. The second-order valence-corrected chi connectivity index (χ2v) is 7.05. The van der Waals surface area contributed by atoms with E-state index in [0.717, 1.165) is 11.1 Å². The van der Waals surface area contributed by atoms with Crippen molar-refractivity contribution in [2.45, 2.75) is 45.6 Å². The molecule has 0 spiro atoms. The number of aliphatic hydroxyl groups excluding tert-OH is 1. The van der Waals surface area contributed by atoms with Crippen LogP contribution in [0.2, 0.25) is 0 Å². The number of hydrogen-bond donors (Lipinski definition) is 1. The molecule has 26 heavy (non-hydrogen) atoms. The molecule has 1 N–H and O–H groups in total. The van der Waals surface area contributed by atoms with Crippen LogP contribution in [0.25, 0.3) is 0 Å². The molecule has 140 valence electrons. The molecule has 3 rings (SSSR count). The molecule has 1 heterocycles. The highest BCUT2D eigenvalue weighted by Crippen LogP contribution is 2.32. The Morgan fingerprint density at radius 1 is 0.846 bits per heavy atom. The van der Waals surface area contributed by atoms with Gasteiger partial charge in [0.05, 0.1) is 25.9 Å². The molecule has 3 unspecified atom stereocenters. The Balaban J connectivity index is 1.49. The van der Waals surface area contributed by atoms with Gasteiger partial charge in [0.1, 0.15) is 6.10 Å². The molecule has 1 saturated heterocycles. The minimum absolute atomic E-state index is 0.139. The van der Waals surface area contributed by atoms with E-state index in [0.29, 0.717) is 19.8 Å². The average molecular weight is 356 g/mol. The normalized spacial score (nSPS) is 28.8. The molecule has 5 atom stereocenters. The Morgan fingerprint density at radius 3 is 2.04 bits per heavy atom. The third kappa shape index (κ3) is 4.92. The van der Waals surface area contributed by atoms with E-state index in [4.69, 9.17) is 14.2 Å². The predicted octanol–water partition coefficient (Wildman–Crippen LogP) is 3.78. The number of rotatable bonds is 7. The average Bonchev–Trinajstić information content (AvgIpc) is 2.67. The van der Waals surface area contributed by atoms with Crippen molar-refractivity contribution in [3.05, 3.63) is 71.8 Å². The molecule has 0 aliphatic carbocycles. The lowest BCUT2D eigenvalue weighted by atomic mass is 9.83. The minimum atomic E-state index is -0.935. The van der Waals surface area contributed by atoms with E-state index < -0.39 is 6.29 Å². The molecule has 1 aliphatic heterocycles. The molecule has 2 aromatic carbocycles. The standard InChI is InChI=1S/C22H28O4/c1-16-17(2)21(25-14-19-11-7-4-8-12-19)22(23)26-20(16)15-24-13-18-9-5-3-6-10-18/h3-12,16-17,20-23H,13-15H2,1-2H3/t16-,17-,20?,21?,22?/m0/s1. The molecule has 1 fully saturated rings. The first-order valence-corrected chi connectivity index (χ1v) is 9.26. The molecule has 0 radical (unpaired) electrons. The van der Waals surface area contributed by atoms with Crippen LogP contribution in [0.5, 0.6) is 0 Å². The van der Waals surface area contributed by atoms with Crippen molar-refractivity contribution >= 4 is 0 Å². The van der Waals surface area contributed by atoms with Crippen LogP contribution in [0, 0.1) is 11.8 Å². The number of benzene rings is 2. The maximum absolute atomic E-state index is 10.4. The lowest BCUT2D eigenvalue weighted by Gasteiger charge is -2.42. The van der Waals surface area contributed by atoms with Crippen molar-refractivity contribution < 1.29 is 19.3 Å². The summed E-state index contributed by atoms with van der Waals surface area (Å²) in [7, 11) is 0. The van der Waals surface area contributed by atoms with E-state index >= 15 is 0 Å². The number of aliphatic hydroxyl groups is 1. The first-order valence-electron chi connectivity index (χ1n) is 9.26. The van der Waals surface area contributed by atoms with Crippen LogP contribution in [0.1, 0.15) is 25.0 Å². The summed E-state index contributed by atoms with van der Waals surface area (Å²) < 4.78 is 17.6. The van der Waals surface area contributed by atoms with Crippen molar-refractivity contribution in [2.75, 3.05) is 6.61 Å². The van der Waals surface area contributed by atoms with Gasteiger partial charge in [0.15, 0.2) is 6.29 Å². The van der Waals surface area contributed by atoms with E-state index in [9.17, 15) is 5.11 Å². The molecule has 0 amide bonds. The van der Waals surface area contributed by atoms with Crippen molar-refractivity contribution in [3.8, 4) is 0 Å². The summed E-state index contributed by atoms with van der Waals surface area (Å²) in [6.07, 6.45) is -1.41. The third-order valence-electron chi connectivity index (χ3n) is 5.21. The largest absolute Gasteiger partial charge is 0.374 e. The lowest BCUT2D eigenvalue weighted by Crippen LogP contribution is -2.51. The van der Waals surface area contributed by atoms with Gasteiger partial charge in [0.2, 0.25) is 0 Å². The van der Waals surface area contributed by atoms with Crippen LogP contribution in [-0.4, -0.2) is 30.2 Å². The molecule has 1 aliphatic rings. The van der Waals surface area contributed by atoms with Crippen molar-refractivity contribution in [2.24, 2.45) is 11.8 Å². The Morgan fingerprint density at radius 2 is 1.42 bits per heavy atom. The monoisotopic (exact) mass is 356 g/mol. The Labute approximate surface area is 155 Å². The topological polar surface area (TPSA) is 47.9 Å². The number of ether oxygens (including phenoxy) is 3. The van der Waals surface area contributed by atoms with Crippen LogP contribution in [0.4, 0.5) is 0 Å². The van der Waals surface area contributed by atoms with Crippen LogP contribution in [-0.2, 0) is 27.4 Å².